The minimum Gasteiger partial charge on any atom is -0.772 e. The van der Waals surface area contributed by atoms with Crippen molar-refractivity contribution >= 4 is 11.1 Å². The third-order valence-electron chi connectivity index (χ3n) is 0.236. The van der Waals surface area contributed by atoms with Crippen molar-refractivity contribution in [1.29, 1.82) is 0 Å². The van der Waals surface area contributed by atoms with E-state index in [4.69, 9.17) is 0 Å². The Balaban J connectivity index is 0. The summed E-state index contributed by atoms with van der Waals surface area (Å²) in [6.45, 7) is 1.59. The zero-order valence-corrected chi connectivity index (χ0v) is 11.0. The topological polar surface area (TPSA) is 40.1 Å². The van der Waals surface area contributed by atoms with Gasteiger partial charge in [-0.05, 0) is 0 Å². The summed E-state index contributed by atoms with van der Waals surface area (Å²) >= 11 is -1.82. The van der Waals surface area contributed by atoms with Gasteiger partial charge in [0, 0.05) is 5.75 Å². The zero-order chi connectivity index (χ0) is 4.28. The molecule has 0 spiro atoms. The number of hydrogen-bond donors (Lipinski definition) is 0. The van der Waals surface area contributed by atoms with E-state index >= 15 is 0 Å². The van der Waals surface area contributed by atoms with Gasteiger partial charge in [-0.1, -0.05) is 18.0 Å². The largest absolute Gasteiger partial charge is 1.00 e. The molecule has 0 heterocycles. The van der Waals surface area contributed by atoms with Gasteiger partial charge in [0.25, 0.3) is 0 Å². The van der Waals surface area contributed by atoms with Gasteiger partial charge in [0.1, 0.15) is 0 Å². The van der Waals surface area contributed by atoms with Gasteiger partial charge in [-0.2, -0.15) is 0 Å². The quantitative estimate of drug-likeness (QED) is 0.444. The predicted octanol–water partition coefficient (Wildman–Crippen LogP) is -3.11. The fourth-order valence-electron chi connectivity index (χ4n) is 0. The van der Waals surface area contributed by atoms with E-state index in [9.17, 15) is 8.76 Å². The minimum atomic E-state index is -1.82. The first kappa shape index (κ1) is 11.0. The standard InChI is InChI=1S/C2H6O2S.Cs/c1-2-5(3)4;/h2H2,1H3,(H,3,4);/q;+1/p-1. The van der Waals surface area contributed by atoms with Crippen LogP contribution in [0.15, 0.2) is 0 Å². The van der Waals surface area contributed by atoms with Crippen molar-refractivity contribution in [1.82, 2.24) is 0 Å². The molecule has 4 heteroatoms. The average molecular weight is 226 g/mol. The Bertz CT molecular complexity index is 46.8. The Morgan fingerprint density at radius 1 is 1.83 bits per heavy atom. The summed E-state index contributed by atoms with van der Waals surface area (Å²) in [7, 11) is 0. The average Bonchev–Trinajstić information content (AvgIpc) is 1.38. The first-order valence-electron chi connectivity index (χ1n) is 1.33. The predicted molar refractivity (Wildman–Crippen MR) is 19.5 cm³/mol. The molecular formula is C2H5CsO2S. The Labute approximate surface area is 98.8 Å². The van der Waals surface area contributed by atoms with Crippen LogP contribution in [0.1, 0.15) is 6.92 Å². The molecule has 0 rings (SSSR count). The third kappa shape index (κ3) is 9.48. The van der Waals surface area contributed by atoms with Gasteiger partial charge in [0.2, 0.25) is 0 Å². The normalized spacial score (nSPS) is 12.3. The smallest absolute Gasteiger partial charge is 0.772 e. The molecule has 0 saturated heterocycles. The van der Waals surface area contributed by atoms with Crippen LogP contribution < -0.4 is 68.9 Å². The van der Waals surface area contributed by atoms with E-state index in [2.05, 4.69) is 0 Å². The van der Waals surface area contributed by atoms with Crippen molar-refractivity contribution in [2.24, 2.45) is 0 Å². The first-order valence-corrected chi connectivity index (χ1v) is 2.57. The zero-order valence-electron chi connectivity index (χ0n) is 3.93. The summed E-state index contributed by atoms with van der Waals surface area (Å²) in [5.41, 5.74) is 0. The van der Waals surface area contributed by atoms with Crippen molar-refractivity contribution in [3.63, 3.8) is 0 Å². The van der Waals surface area contributed by atoms with E-state index in [0.717, 1.165) is 0 Å². The Hall–Kier alpha value is 2.16. The molecule has 0 radical (unpaired) electrons. The van der Waals surface area contributed by atoms with Crippen LogP contribution in [0.5, 0.6) is 0 Å². The van der Waals surface area contributed by atoms with Crippen molar-refractivity contribution in [3.05, 3.63) is 0 Å². The van der Waals surface area contributed by atoms with Crippen LogP contribution in [0.3, 0.4) is 0 Å². The van der Waals surface area contributed by atoms with Gasteiger partial charge in [-0.25, -0.2) is 0 Å². The van der Waals surface area contributed by atoms with Crippen molar-refractivity contribution in [2.75, 3.05) is 5.75 Å². The molecule has 0 aromatic rings. The van der Waals surface area contributed by atoms with Crippen LogP contribution in [0, 0.1) is 0 Å². The van der Waals surface area contributed by atoms with E-state index in [1.165, 1.54) is 0 Å². The molecule has 0 N–H and O–H groups in total. The molecule has 32 valence electrons. The van der Waals surface area contributed by atoms with Gasteiger partial charge >= 0.3 is 68.9 Å². The second kappa shape index (κ2) is 7.16. The van der Waals surface area contributed by atoms with Gasteiger partial charge in [0.05, 0.1) is 0 Å². The van der Waals surface area contributed by atoms with Crippen LogP contribution >= 0.6 is 0 Å². The molecule has 6 heavy (non-hydrogen) atoms. The second-order valence-electron chi connectivity index (χ2n) is 0.592. The number of hydrogen-bond acceptors (Lipinski definition) is 2. The van der Waals surface area contributed by atoms with Crippen LogP contribution in [0.25, 0.3) is 0 Å². The SMILES string of the molecule is CCS(=O)[O-].[Cs+]. The molecule has 0 saturated carbocycles. The Morgan fingerprint density at radius 2 is 2.00 bits per heavy atom. The minimum absolute atomic E-state index is 0. The Morgan fingerprint density at radius 3 is 2.00 bits per heavy atom. The molecule has 1 unspecified atom stereocenters. The van der Waals surface area contributed by atoms with Crippen LogP contribution in [-0.2, 0) is 11.1 Å². The fraction of sp³-hybridized carbons (Fsp3) is 1.00. The summed E-state index contributed by atoms with van der Waals surface area (Å²) in [6.07, 6.45) is 0. The van der Waals surface area contributed by atoms with E-state index in [-0.39, 0.29) is 74.6 Å². The molecule has 0 aliphatic heterocycles. The summed E-state index contributed by atoms with van der Waals surface area (Å²) in [5.74, 6) is 0.222. The molecular weight excluding hydrogens is 221 g/mol. The van der Waals surface area contributed by atoms with Crippen LogP contribution in [0.2, 0.25) is 0 Å². The summed E-state index contributed by atoms with van der Waals surface area (Å²) in [6, 6.07) is 0. The first-order chi connectivity index (χ1) is 2.27. The van der Waals surface area contributed by atoms with Gasteiger partial charge in [-0.15, -0.1) is 0 Å². The van der Waals surface area contributed by atoms with Gasteiger partial charge in [-0.3, -0.25) is 4.21 Å². The molecule has 0 bridgehead atoms. The van der Waals surface area contributed by atoms with E-state index in [1.807, 2.05) is 0 Å². The van der Waals surface area contributed by atoms with E-state index in [1.54, 1.807) is 6.92 Å². The fourth-order valence-corrected chi connectivity index (χ4v) is 0. The molecule has 0 fully saturated rings. The van der Waals surface area contributed by atoms with Crippen LogP contribution in [0.4, 0.5) is 0 Å². The molecule has 0 aliphatic carbocycles. The maximum Gasteiger partial charge on any atom is 1.00 e. The van der Waals surface area contributed by atoms with Crippen molar-refractivity contribution < 1.29 is 77.7 Å². The summed E-state index contributed by atoms with van der Waals surface area (Å²) in [5, 5.41) is 0. The maximum atomic E-state index is 9.37. The molecule has 0 aromatic carbocycles. The van der Waals surface area contributed by atoms with Gasteiger partial charge in [0.15, 0.2) is 0 Å². The van der Waals surface area contributed by atoms with E-state index < -0.39 is 11.1 Å². The summed E-state index contributed by atoms with van der Waals surface area (Å²) in [4.78, 5) is 0. The van der Waals surface area contributed by atoms with Gasteiger partial charge < -0.3 is 4.55 Å². The van der Waals surface area contributed by atoms with E-state index in [0.29, 0.717) is 0 Å². The second-order valence-corrected chi connectivity index (χ2v) is 1.78. The van der Waals surface area contributed by atoms with Crippen LogP contribution in [-0.4, -0.2) is 14.5 Å². The monoisotopic (exact) mass is 226 g/mol. The summed E-state index contributed by atoms with van der Waals surface area (Å²) < 4.78 is 18.7. The molecule has 1 atom stereocenters. The van der Waals surface area contributed by atoms with Crippen molar-refractivity contribution in [2.45, 2.75) is 6.92 Å². The van der Waals surface area contributed by atoms with Crippen molar-refractivity contribution in [3.8, 4) is 0 Å². The molecule has 0 amide bonds. The number of rotatable bonds is 1. The Kier molecular flexibility index (Phi) is 13.2. The molecule has 0 aliphatic rings. The molecule has 0 aromatic heterocycles. The maximum absolute atomic E-state index is 9.37. The molecule has 2 nitrogen and oxygen atoms in total. The third-order valence-corrected chi connectivity index (χ3v) is 0.707.